The lowest BCUT2D eigenvalue weighted by molar-refractivity contribution is 0.281. The average Bonchev–Trinajstić information content (AvgIpc) is 2.07. The third kappa shape index (κ3) is 2.70. The zero-order valence-corrected chi connectivity index (χ0v) is 8.35. The van der Waals surface area contributed by atoms with Gasteiger partial charge in [0.05, 0.1) is 5.69 Å². The molecule has 4 heteroatoms. The number of hydrogen-bond donors (Lipinski definition) is 1. The lowest BCUT2D eigenvalue weighted by Gasteiger charge is -2.06. The zero-order valence-electron chi connectivity index (χ0n) is 7.60. The minimum absolute atomic E-state index is 0.182. The Balaban J connectivity index is 2.77. The van der Waals surface area contributed by atoms with Gasteiger partial charge < -0.3 is 4.74 Å². The number of aromatic nitrogens is 1. The largest absolute Gasteiger partial charge is 0.475 e. The SMILES string of the molecule is CC(=N)OCc1nccc(Cl)c1C. The Kier molecular flexibility index (Phi) is 3.25. The van der Waals surface area contributed by atoms with Crippen molar-refractivity contribution in [3.8, 4) is 0 Å². The van der Waals surface area contributed by atoms with Gasteiger partial charge in [0.1, 0.15) is 6.61 Å². The van der Waals surface area contributed by atoms with E-state index in [1.807, 2.05) is 6.92 Å². The van der Waals surface area contributed by atoms with Gasteiger partial charge in [-0.05, 0) is 18.6 Å². The molecule has 0 bridgehead atoms. The Morgan fingerprint density at radius 3 is 3.00 bits per heavy atom. The Bertz CT molecular complexity index is 325. The average molecular weight is 199 g/mol. The van der Waals surface area contributed by atoms with E-state index in [1.165, 1.54) is 0 Å². The fourth-order valence-electron chi connectivity index (χ4n) is 0.874. The fraction of sp³-hybridized carbons (Fsp3) is 0.333. The van der Waals surface area contributed by atoms with Gasteiger partial charge in [-0.15, -0.1) is 0 Å². The quantitative estimate of drug-likeness (QED) is 0.587. The van der Waals surface area contributed by atoms with Gasteiger partial charge in [0, 0.05) is 18.1 Å². The maximum atomic E-state index is 7.08. The summed E-state index contributed by atoms with van der Waals surface area (Å²) >= 11 is 5.88. The standard InChI is InChI=1S/C9H11ClN2O/c1-6-8(10)3-4-12-9(6)5-13-7(2)11/h3-4,11H,5H2,1-2H3. The first-order valence-corrected chi connectivity index (χ1v) is 4.27. The lowest BCUT2D eigenvalue weighted by atomic mass is 10.2. The minimum atomic E-state index is 0.182. The van der Waals surface area contributed by atoms with Crippen LogP contribution in [0.4, 0.5) is 0 Å². The molecule has 0 aromatic carbocycles. The van der Waals surface area contributed by atoms with E-state index in [0.29, 0.717) is 11.6 Å². The van der Waals surface area contributed by atoms with Crippen molar-refractivity contribution in [1.29, 1.82) is 5.41 Å². The van der Waals surface area contributed by atoms with Gasteiger partial charge in [-0.1, -0.05) is 11.6 Å². The van der Waals surface area contributed by atoms with Gasteiger partial charge in [0.15, 0.2) is 5.90 Å². The molecule has 0 fully saturated rings. The Morgan fingerprint density at radius 2 is 2.38 bits per heavy atom. The van der Waals surface area contributed by atoms with Crippen molar-refractivity contribution >= 4 is 17.5 Å². The number of ether oxygens (including phenoxy) is 1. The number of halogens is 1. The highest BCUT2D eigenvalue weighted by atomic mass is 35.5. The number of rotatable bonds is 2. The van der Waals surface area contributed by atoms with Crippen LogP contribution in [0.25, 0.3) is 0 Å². The normalized spacial score (nSPS) is 9.77. The molecule has 0 aliphatic heterocycles. The molecule has 3 nitrogen and oxygen atoms in total. The Morgan fingerprint density at radius 1 is 1.69 bits per heavy atom. The summed E-state index contributed by atoms with van der Waals surface area (Å²) in [6, 6.07) is 1.73. The van der Waals surface area contributed by atoms with Crippen LogP contribution in [0.15, 0.2) is 12.3 Å². The van der Waals surface area contributed by atoms with Gasteiger partial charge in [0.25, 0.3) is 0 Å². The smallest absolute Gasteiger partial charge is 0.177 e. The Hall–Kier alpha value is -1.09. The molecule has 1 N–H and O–H groups in total. The number of nitrogens with zero attached hydrogens (tertiary/aromatic N) is 1. The first-order chi connectivity index (χ1) is 6.11. The molecule has 1 aromatic heterocycles. The zero-order chi connectivity index (χ0) is 9.84. The van der Waals surface area contributed by atoms with Crippen LogP contribution in [0.1, 0.15) is 18.2 Å². The molecule has 0 unspecified atom stereocenters. The molecule has 1 heterocycles. The van der Waals surface area contributed by atoms with Crippen LogP contribution in [0.5, 0.6) is 0 Å². The van der Waals surface area contributed by atoms with Crippen molar-refractivity contribution in [1.82, 2.24) is 4.98 Å². The summed E-state index contributed by atoms with van der Waals surface area (Å²) in [6.45, 7) is 3.77. The molecular formula is C9H11ClN2O. The molecule has 0 aliphatic carbocycles. The molecule has 0 atom stereocenters. The Labute approximate surface area is 82.2 Å². The van der Waals surface area contributed by atoms with E-state index >= 15 is 0 Å². The summed E-state index contributed by atoms with van der Waals surface area (Å²) in [4.78, 5) is 4.10. The molecule has 0 saturated heterocycles. The molecule has 0 aliphatic rings. The van der Waals surface area contributed by atoms with Crippen LogP contribution in [-0.4, -0.2) is 10.9 Å². The molecule has 0 radical (unpaired) electrons. The maximum absolute atomic E-state index is 7.08. The number of pyridine rings is 1. The van der Waals surface area contributed by atoms with E-state index in [4.69, 9.17) is 21.7 Å². The van der Waals surface area contributed by atoms with Crippen molar-refractivity contribution < 1.29 is 4.74 Å². The summed E-state index contributed by atoms with van der Waals surface area (Å²) in [6.07, 6.45) is 1.63. The third-order valence-corrected chi connectivity index (χ3v) is 2.08. The molecule has 13 heavy (non-hydrogen) atoms. The highest BCUT2D eigenvalue weighted by Gasteiger charge is 2.03. The summed E-state index contributed by atoms with van der Waals surface area (Å²) in [7, 11) is 0. The fourth-order valence-corrected chi connectivity index (χ4v) is 1.04. The van der Waals surface area contributed by atoms with Crippen LogP contribution in [0.2, 0.25) is 5.02 Å². The predicted octanol–water partition coefficient (Wildman–Crippen LogP) is 2.56. The van der Waals surface area contributed by atoms with Gasteiger partial charge in [-0.3, -0.25) is 10.4 Å². The van der Waals surface area contributed by atoms with E-state index in [1.54, 1.807) is 19.2 Å². The maximum Gasteiger partial charge on any atom is 0.177 e. The van der Waals surface area contributed by atoms with Gasteiger partial charge in [0.2, 0.25) is 0 Å². The summed E-state index contributed by atoms with van der Waals surface area (Å²) in [5.74, 6) is 0.182. The van der Waals surface area contributed by atoms with Gasteiger partial charge in [-0.2, -0.15) is 0 Å². The second kappa shape index (κ2) is 4.23. The van der Waals surface area contributed by atoms with Crippen LogP contribution >= 0.6 is 11.6 Å². The molecule has 0 amide bonds. The van der Waals surface area contributed by atoms with Crippen molar-refractivity contribution in [3.05, 3.63) is 28.5 Å². The molecular weight excluding hydrogens is 188 g/mol. The first-order valence-electron chi connectivity index (χ1n) is 3.89. The van der Waals surface area contributed by atoms with Crippen molar-refractivity contribution in [2.45, 2.75) is 20.5 Å². The molecule has 0 spiro atoms. The van der Waals surface area contributed by atoms with E-state index in [0.717, 1.165) is 11.3 Å². The second-order valence-corrected chi connectivity index (χ2v) is 3.12. The highest BCUT2D eigenvalue weighted by molar-refractivity contribution is 6.31. The van der Waals surface area contributed by atoms with E-state index in [-0.39, 0.29) is 5.90 Å². The topological polar surface area (TPSA) is 46.0 Å². The number of hydrogen-bond acceptors (Lipinski definition) is 3. The predicted molar refractivity (Wildman–Crippen MR) is 52.2 cm³/mol. The lowest BCUT2D eigenvalue weighted by Crippen LogP contribution is -2.02. The summed E-state index contributed by atoms with van der Waals surface area (Å²) in [5, 5.41) is 7.76. The summed E-state index contributed by atoms with van der Waals surface area (Å²) in [5.41, 5.74) is 1.68. The first kappa shape index (κ1) is 9.99. The number of nitrogens with one attached hydrogen (secondary N) is 1. The molecule has 0 saturated carbocycles. The van der Waals surface area contributed by atoms with Crippen molar-refractivity contribution in [2.24, 2.45) is 0 Å². The third-order valence-electron chi connectivity index (χ3n) is 1.67. The van der Waals surface area contributed by atoms with E-state index in [9.17, 15) is 0 Å². The van der Waals surface area contributed by atoms with E-state index in [2.05, 4.69) is 4.98 Å². The minimum Gasteiger partial charge on any atom is -0.475 e. The second-order valence-electron chi connectivity index (χ2n) is 2.71. The molecule has 1 rings (SSSR count). The van der Waals surface area contributed by atoms with Crippen molar-refractivity contribution in [3.63, 3.8) is 0 Å². The monoisotopic (exact) mass is 198 g/mol. The molecule has 70 valence electrons. The van der Waals surface area contributed by atoms with Crippen molar-refractivity contribution in [2.75, 3.05) is 0 Å². The van der Waals surface area contributed by atoms with E-state index < -0.39 is 0 Å². The van der Waals surface area contributed by atoms with Crippen LogP contribution in [-0.2, 0) is 11.3 Å². The van der Waals surface area contributed by atoms with Crippen LogP contribution < -0.4 is 0 Å². The van der Waals surface area contributed by atoms with Gasteiger partial charge >= 0.3 is 0 Å². The van der Waals surface area contributed by atoms with Crippen LogP contribution in [0.3, 0.4) is 0 Å². The summed E-state index contributed by atoms with van der Waals surface area (Å²) < 4.78 is 5.03. The van der Waals surface area contributed by atoms with Crippen LogP contribution in [0, 0.1) is 12.3 Å². The highest BCUT2D eigenvalue weighted by Crippen LogP contribution is 2.16. The molecule has 1 aromatic rings. The van der Waals surface area contributed by atoms with Gasteiger partial charge in [-0.25, -0.2) is 0 Å².